The van der Waals surface area contributed by atoms with Crippen molar-refractivity contribution in [2.75, 3.05) is 11.2 Å². The Morgan fingerprint density at radius 2 is 2.09 bits per heavy atom. The number of aromatic nitrogens is 1. The number of nitrogens with one attached hydrogen (secondary N) is 1. The number of fused-ring (bicyclic) bond motifs is 2. The van der Waals surface area contributed by atoms with Crippen LogP contribution in [0.15, 0.2) is 47.6 Å². The number of hydrogen-bond donors (Lipinski definition) is 2. The van der Waals surface area contributed by atoms with Crippen molar-refractivity contribution in [1.29, 1.82) is 0 Å². The largest absolute Gasteiger partial charge is 0.399 e. The van der Waals surface area contributed by atoms with Gasteiger partial charge in [-0.1, -0.05) is 23.5 Å². The maximum Gasteiger partial charge on any atom is 0.209 e. The molecule has 1 aromatic heterocycles. The third-order valence-corrected chi connectivity index (χ3v) is 4.52. The molecular weight excluding hydrogens is 296 g/mol. The third kappa shape index (κ3) is 2.14. The number of para-hydroxylation sites is 1. The van der Waals surface area contributed by atoms with Crippen LogP contribution in [0, 0.1) is 0 Å². The average molecular weight is 308 g/mol. The molecule has 0 radical (unpaired) electrons. The van der Waals surface area contributed by atoms with Crippen molar-refractivity contribution in [3.63, 3.8) is 0 Å². The second-order valence-electron chi connectivity index (χ2n) is 5.08. The van der Waals surface area contributed by atoms with Crippen molar-refractivity contribution in [1.82, 2.24) is 4.98 Å². The molecule has 0 atom stereocenters. The number of ketones is 1. The minimum absolute atomic E-state index is 0.0522. The zero-order valence-corrected chi connectivity index (χ0v) is 12.4. The highest BCUT2D eigenvalue weighted by molar-refractivity contribution is 7.22. The topological polar surface area (TPSA) is 80.4 Å². The molecular formula is C16H12N4OS. The Bertz CT molecular complexity index is 896. The number of nitrogen functional groups attached to an aromatic ring is 1. The molecule has 0 aliphatic heterocycles. The van der Waals surface area contributed by atoms with Crippen LogP contribution in [0.2, 0.25) is 0 Å². The van der Waals surface area contributed by atoms with Crippen LogP contribution < -0.4 is 11.2 Å². The maximum absolute atomic E-state index is 12.3. The predicted molar refractivity (Wildman–Crippen MR) is 89.6 cm³/mol. The van der Waals surface area contributed by atoms with E-state index in [1.54, 1.807) is 12.1 Å². The molecule has 3 N–H and O–H groups in total. The van der Waals surface area contributed by atoms with Gasteiger partial charge in [0.15, 0.2) is 0 Å². The van der Waals surface area contributed by atoms with E-state index in [9.17, 15) is 4.79 Å². The Labute approximate surface area is 130 Å². The van der Waals surface area contributed by atoms with Gasteiger partial charge in [0, 0.05) is 17.7 Å². The van der Waals surface area contributed by atoms with Crippen molar-refractivity contribution in [3.05, 3.63) is 53.6 Å². The third-order valence-electron chi connectivity index (χ3n) is 3.57. The molecule has 1 heterocycles. The summed E-state index contributed by atoms with van der Waals surface area (Å²) in [6.07, 6.45) is 0.497. The van der Waals surface area contributed by atoms with E-state index in [-0.39, 0.29) is 5.78 Å². The summed E-state index contributed by atoms with van der Waals surface area (Å²) in [6, 6.07) is 13.2. The number of benzene rings is 2. The van der Waals surface area contributed by atoms with Crippen LogP contribution >= 0.6 is 11.3 Å². The zero-order valence-electron chi connectivity index (χ0n) is 11.5. The zero-order chi connectivity index (χ0) is 15.1. The average Bonchev–Trinajstić information content (AvgIpc) is 3.06. The van der Waals surface area contributed by atoms with Gasteiger partial charge in [-0.15, -0.1) is 0 Å². The molecule has 22 heavy (non-hydrogen) atoms. The van der Waals surface area contributed by atoms with Crippen molar-refractivity contribution in [2.24, 2.45) is 5.10 Å². The Morgan fingerprint density at radius 1 is 1.23 bits per heavy atom. The van der Waals surface area contributed by atoms with Gasteiger partial charge in [0.1, 0.15) is 5.71 Å². The summed E-state index contributed by atoms with van der Waals surface area (Å²) in [5.41, 5.74) is 12.3. The number of nitrogens with two attached hydrogens (primary N) is 1. The molecule has 3 aromatic rings. The molecule has 1 aliphatic carbocycles. The monoisotopic (exact) mass is 308 g/mol. The normalized spacial score (nSPS) is 15.5. The van der Waals surface area contributed by atoms with Crippen LogP contribution in [-0.4, -0.2) is 16.5 Å². The number of Topliss-reactive ketones (excluding diaryl/α,β-unsaturated/α-hetero) is 1. The van der Waals surface area contributed by atoms with Crippen LogP contribution in [-0.2, 0) is 6.42 Å². The highest BCUT2D eigenvalue weighted by atomic mass is 32.1. The summed E-state index contributed by atoms with van der Waals surface area (Å²) in [5, 5.41) is 4.92. The number of nitrogens with zero attached hydrogens (tertiary/aromatic N) is 2. The summed E-state index contributed by atoms with van der Waals surface area (Å²) in [4.78, 5) is 16.7. The molecule has 0 saturated heterocycles. The number of anilines is 2. The smallest absolute Gasteiger partial charge is 0.209 e. The lowest BCUT2D eigenvalue weighted by Gasteiger charge is -1.96. The lowest BCUT2D eigenvalue weighted by Crippen LogP contribution is -2.10. The number of hydrogen-bond acceptors (Lipinski definition) is 6. The van der Waals surface area contributed by atoms with Crippen LogP contribution in [0.5, 0.6) is 0 Å². The minimum Gasteiger partial charge on any atom is -0.399 e. The minimum atomic E-state index is -0.0522. The van der Waals surface area contributed by atoms with Gasteiger partial charge in [0.2, 0.25) is 10.9 Å². The number of hydrazone groups is 1. The number of thiazole rings is 1. The van der Waals surface area contributed by atoms with E-state index in [4.69, 9.17) is 5.73 Å². The lowest BCUT2D eigenvalue weighted by atomic mass is 10.1. The van der Waals surface area contributed by atoms with Gasteiger partial charge in [-0.2, -0.15) is 5.10 Å². The number of rotatable bonds is 2. The summed E-state index contributed by atoms with van der Waals surface area (Å²) < 4.78 is 1.08. The van der Waals surface area contributed by atoms with E-state index in [0.29, 0.717) is 28.5 Å². The van der Waals surface area contributed by atoms with E-state index in [2.05, 4.69) is 15.5 Å². The van der Waals surface area contributed by atoms with Crippen LogP contribution in [0.25, 0.3) is 10.2 Å². The van der Waals surface area contributed by atoms with Crippen LogP contribution in [0.1, 0.15) is 15.9 Å². The predicted octanol–water partition coefficient (Wildman–Crippen LogP) is 3.09. The van der Waals surface area contributed by atoms with Crippen LogP contribution in [0.3, 0.4) is 0 Å². The molecule has 1 aliphatic rings. The van der Waals surface area contributed by atoms with Crippen molar-refractivity contribution in [3.8, 4) is 0 Å². The molecule has 108 valence electrons. The molecule has 4 rings (SSSR count). The fourth-order valence-corrected chi connectivity index (χ4v) is 3.33. The molecule has 0 spiro atoms. The van der Waals surface area contributed by atoms with Crippen molar-refractivity contribution >= 4 is 43.9 Å². The number of carbonyl (C=O) groups is 1. The molecule has 0 amide bonds. The summed E-state index contributed by atoms with van der Waals surface area (Å²) >= 11 is 1.51. The highest BCUT2D eigenvalue weighted by Gasteiger charge is 2.26. The standard InChI is InChI=1S/C16H12N4OS/c17-10-5-6-11-9(7-10)8-13(15(11)21)19-20-16-18-12-3-1-2-4-14(12)22-16/h1-7H,8,17H2,(H,18,20)/b19-13-. The molecule has 2 aromatic carbocycles. The van der Waals surface area contributed by atoms with Crippen molar-refractivity contribution < 1.29 is 4.79 Å². The van der Waals surface area contributed by atoms with Crippen LogP contribution in [0.4, 0.5) is 10.8 Å². The first-order valence-electron chi connectivity index (χ1n) is 6.82. The summed E-state index contributed by atoms with van der Waals surface area (Å²) in [7, 11) is 0. The molecule has 6 heteroatoms. The van der Waals surface area contributed by atoms with Gasteiger partial charge < -0.3 is 5.73 Å². The van der Waals surface area contributed by atoms with Gasteiger partial charge >= 0.3 is 0 Å². The Kier molecular flexibility index (Phi) is 2.90. The fraction of sp³-hybridized carbons (Fsp3) is 0.0625. The Hall–Kier alpha value is -2.73. The quantitative estimate of drug-likeness (QED) is 0.563. The maximum atomic E-state index is 12.3. The second-order valence-corrected chi connectivity index (χ2v) is 6.11. The van der Waals surface area contributed by atoms with E-state index < -0.39 is 0 Å². The highest BCUT2D eigenvalue weighted by Crippen LogP contribution is 2.26. The van der Waals surface area contributed by atoms with E-state index in [1.807, 2.05) is 30.3 Å². The molecule has 0 unspecified atom stereocenters. The van der Waals surface area contributed by atoms with Gasteiger partial charge in [0.25, 0.3) is 0 Å². The SMILES string of the molecule is Nc1ccc2c(c1)C/C(=N/Nc1nc3ccccc3s1)C2=O. The molecule has 0 fully saturated rings. The summed E-state index contributed by atoms with van der Waals surface area (Å²) in [6.45, 7) is 0. The first-order valence-corrected chi connectivity index (χ1v) is 7.63. The molecule has 5 nitrogen and oxygen atoms in total. The first-order chi connectivity index (χ1) is 10.7. The van der Waals surface area contributed by atoms with Gasteiger partial charge in [-0.05, 0) is 35.9 Å². The van der Waals surface area contributed by atoms with E-state index in [0.717, 1.165) is 15.8 Å². The Balaban J connectivity index is 1.60. The molecule has 0 saturated carbocycles. The van der Waals surface area contributed by atoms with E-state index >= 15 is 0 Å². The lowest BCUT2D eigenvalue weighted by molar-refractivity contribution is 0.106. The number of carbonyl (C=O) groups excluding carboxylic acids is 1. The van der Waals surface area contributed by atoms with E-state index in [1.165, 1.54) is 11.3 Å². The second kappa shape index (κ2) is 4.92. The van der Waals surface area contributed by atoms with Gasteiger partial charge in [-0.25, -0.2) is 4.98 Å². The van der Waals surface area contributed by atoms with Gasteiger partial charge in [0.05, 0.1) is 10.2 Å². The summed E-state index contributed by atoms with van der Waals surface area (Å²) in [5.74, 6) is -0.0522. The Morgan fingerprint density at radius 3 is 2.95 bits per heavy atom. The fourth-order valence-electron chi connectivity index (χ4n) is 2.52. The molecule has 0 bridgehead atoms. The van der Waals surface area contributed by atoms with Crippen molar-refractivity contribution in [2.45, 2.75) is 6.42 Å². The first kappa shape index (κ1) is 13.0. The van der Waals surface area contributed by atoms with Gasteiger partial charge in [-0.3, -0.25) is 10.2 Å².